The van der Waals surface area contributed by atoms with E-state index >= 15 is 0 Å². The first kappa shape index (κ1) is 14.1. The zero-order chi connectivity index (χ0) is 11.2. The Morgan fingerprint density at radius 3 is 1.86 bits per heavy atom. The van der Waals surface area contributed by atoms with Gasteiger partial charge in [0.15, 0.2) is 0 Å². The van der Waals surface area contributed by atoms with Crippen LogP contribution < -0.4 is 9.96 Å². The first-order valence-corrected chi connectivity index (χ1v) is 7.04. The normalized spacial score (nSPS) is 14.8. The molecule has 0 heterocycles. The minimum absolute atomic E-state index is 0.158. The van der Waals surface area contributed by atoms with Gasteiger partial charge in [-0.2, -0.15) is 0 Å². The van der Waals surface area contributed by atoms with E-state index in [2.05, 4.69) is 23.8 Å². The summed E-state index contributed by atoms with van der Waals surface area (Å²) in [6.07, 6.45) is 1.35. The number of hydrogen-bond donors (Lipinski definition) is 2. The number of hydrogen-bond acceptors (Lipinski definition) is 4. The third kappa shape index (κ3) is 4.52. The zero-order valence-electron chi connectivity index (χ0n) is 10.2. The molecule has 14 heavy (non-hydrogen) atoms. The van der Waals surface area contributed by atoms with Crippen molar-refractivity contribution in [3.63, 3.8) is 0 Å². The van der Waals surface area contributed by atoms with Crippen molar-refractivity contribution in [2.24, 2.45) is 0 Å². The fourth-order valence-electron chi connectivity index (χ4n) is 1.09. The third-order valence-corrected chi connectivity index (χ3v) is 4.86. The van der Waals surface area contributed by atoms with Crippen molar-refractivity contribution in [3.8, 4) is 0 Å². The first-order chi connectivity index (χ1) is 6.49. The molecule has 86 valence electrons. The number of nitrogens with one attached hydrogen (secondary N) is 2. The summed E-state index contributed by atoms with van der Waals surface area (Å²) >= 11 is 0. The highest BCUT2D eigenvalue weighted by Crippen LogP contribution is 2.08. The molecule has 0 aliphatic rings. The van der Waals surface area contributed by atoms with Crippen LogP contribution in [0.4, 0.5) is 0 Å². The van der Waals surface area contributed by atoms with Gasteiger partial charge in [0.25, 0.3) is 0 Å². The molecule has 0 aromatic carbocycles. The van der Waals surface area contributed by atoms with Gasteiger partial charge in [0.1, 0.15) is 0 Å². The third-order valence-electron chi connectivity index (χ3n) is 2.00. The van der Waals surface area contributed by atoms with Crippen LogP contribution in [-0.4, -0.2) is 35.2 Å². The minimum atomic E-state index is -2.39. The van der Waals surface area contributed by atoms with Gasteiger partial charge in [-0.3, -0.25) is 9.96 Å². The average Bonchev–Trinajstić information content (AvgIpc) is 2.15. The van der Waals surface area contributed by atoms with Crippen LogP contribution in [0.25, 0.3) is 0 Å². The fourth-order valence-corrected chi connectivity index (χ4v) is 3.26. The molecule has 0 spiro atoms. The fraction of sp³-hybridized carbons (Fsp3) is 1.00. The van der Waals surface area contributed by atoms with Crippen molar-refractivity contribution in [1.82, 2.24) is 9.96 Å². The van der Waals surface area contributed by atoms with Gasteiger partial charge in [-0.15, -0.1) is 0 Å². The number of rotatable bonds is 7. The average molecular weight is 220 g/mol. The quantitative estimate of drug-likeness (QED) is 0.631. The van der Waals surface area contributed by atoms with Crippen LogP contribution >= 0.6 is 0 Å². The molecule has 0 bridgehead atoms. The van der Waals surface area contributed by atoms with Crippen LogP contribution in [0.5, 0.6) is 0 Å². The van der Waals surface area contributed by atoms with Crippen molar-refractivity contribution in [3.05, 3.63) is 0 Å². The molecule has 0 radical (unpaired) electrons. The summed E-state index contributed by atoms with van der Waals surface area (Å²) in [5.41, 5.74) is 0. The molecule has 0 saturated heterocycles. The SMILES string of the molecule is CCC(C)O[Si](NC)(NC)OC(C)C. The standard InChI is InChI=1S/C9H24N2O2Si/c1-7-9(4)13-14(10-5,11-6)12-8(2)3/h8-11H,7H2,1-6H3. The van der Waals surface area contributed by atoms with Crippen molar-refractivity contribution in [1.29, 1.82) is 0 Å². The lowest BCUT2D eigenvalue weighted by molar-refractivity contribution is 0.0816. The first-order valence-electron chi connectivity index (χ1n) is 5.23. The predicted octanol–water partition coefficient (Wildman–Crippen LogP) is 1.10. The molecular weight excluding hydrogens is 196 g/mol. The monoisotopic (exact) mass is 220 g/mol. The lowest BCUT2D eigenvalue weighted by atomic mass is 10.3. The maximum Gasteiger partial charge on any atom is 0.516 e. The van der Waals surface area contributed by atoms with E-state index in [-0.39, 0.29) is 12.2 Å². The molecule has 0 aliphatic heterocycles. The van der Waals surface area contributed by atoms with Crippen LogP contribution in [0.1, 0.15) is 34.1 Å². The second kappa shape index (κ2) is 6.52. The maximum atomic E-state index is 5.89. The highest BCUT2D eigenvalue weighted by atomic mass is 28.4. The Hall–Kier alpha value is 0.0569. The molecule has 0 amide bonds. The second-order valence-corrected chi connectivity index (χ2v) is 6.32. The molecule has 2 N–H and O–H groups in total. The van der Waals surface area contributed by atoms with E-state index in [9.17, 15) is 0 Å². The molecule has 0 aromatic rings. The van der Waals surface area contributed by atoms with E-state index in [1.807, 2.05) is 27.9 Å². The van der Waals surface area contributed by atoms with Gasteiger partial charge in [-0.05, 0) is 41.3 Å². The predicted molar refractivity (Wildman–Crippen MR) is 60.9 cm³/mol. The highest BCUT2D eigenvalue weighted by molar-refractivity contribution is 6.62. The lowest BCUT2D eigenvalue weighted by Crippen LogP contribution is -2.66. The van der Waals surface area contributed by atoms with Crippen LogP contribution in [0.2, 0.25) is 0 Å². The van der Waals surface area contributed by atoms with E-state index < -0.39 is 8.88 Å². The molecule has 0 fully saturated rings. The highest BCUT2D eigenvalue weighted by Gasteiger charge is 2.38. The molecule has 0 aromatic heterocycles. The Bertz CT molecular complexity index is 152. The van der Waals surface area contributed by atoms with Crippen molar-refractivity contribution in [2.45, 2.75) is 46.3 Å². The van der Waals surface area contributed by atoms with Gasteiger partial charge in [0.2, 0.25) is 0 Å². The maximum absolute atomic E-state index is 5.89. The van der Waals surface area contributed by atoms with Gasteiger partial charge < -0.3 is 8.85 Å². The van der Waals surface area contributed by atoms with Crippen molar-refractivity contribution >= 4 is 8.88 Å². The van der Waals surface area contributed by atoms with Crippen LogP contribution in [0, 0.1) is 0 Å². The molecule has 0 saturated carbocycles. The molecule has 1 atom stereocenters. The van der Waals surface area contributed by atoms with E-state index in [0.29, 0.717) is 0 Å². The van der Waals surface area contributed by atoms with Gasteiger partial charge >= 0.3 is 8.88 Å². The summed E-state index contributed by atoms with van der Waals surface area (Å²) in [4.78, 5) is 6.29. The summed E-state index contributed by atoms with van der Waals surface area (Å²) in [6, 6.07) is 0. The largest absolute Gasteiger partial charge is 0.516 e. The van der Waals surface area contributed by atoms with Crippen LogP contribution in [0.15, 0.2) is 0 Å². The molecule has 4 nitrogen and oxygen atoms in total. The lowest BCUT2D eigenvalue weighted by Gasteiger charge is -2.32. The Labute approximate surface area is 88.8 Å². The molecule has 5 heteroatoms. The van der Waals surface area contributed by atoms with Crippen LogP contribution in [0.3, 0.4) is 0 Å². The molecule has 0 rings (SSSR count). The van der Waals surface area contributed by atoms with Crippen LogP contribution in [-0.2, 0) is 8.85 Å². The topological polar surface area (TPSA) is 42.5 Å². The second-order valence-electron chi connectivity index (χ2n) is 3.62. The van der Waals surface area contributed by atoms with Gasteiger partial charge in [-0.1, -0.05) is 6.92 Å². The summed E-state index contributed by atoms with van der Waals surface area (Å²) in [5.74, 6) is 0. The zero-order valence-corrected chi connectivity index (χ0v) is 11.2. The van der Waals surface area contributed by atoms with E-state index in [0.717, 1.165) is 6.42 Å². The molecular formula is C9H24N2O2Si. The van der Waals surface area contributed by atoms with E-state index in [4.69, 9.17) is 8.85 Å². The molecule has 1 unspecified atom stereocenters. The van der Waals surface area contributed by atoms with E-state index in [1.165, 1.54) is 0 Å². The summed E-state index contributed by atoms with van der Waals surface area (Å²) in [6.45, 7) is 8.18. The summed E-state index contributed by atoms with van der Waals surface area (Å²) in [5, 5.41) is 0. The van der Waals surface area contributed by atoms with E-state index in [1.54, 1.807) is 0 Å². The minimum Gasteiger partial charge on any atom is -0.368 e. The molecule has 0 aliphatic carbocycles. The smallest absolute Gasteiger partial charge is 0.368 e. The summed E-state index contributed by atoms with van der Waals surface area (Å²) in [7, 11) is 1.35. The Morgan fingerprint density at radius 2 is 1.57 bits per heavy atom. The van der Waals surface area contributed by atoms with Crippen molar-refractivity contribution in [2.75, 3.05) is 14.1 Å². The van der Waals surface area contributed by atoms with Gasteiger partial charge in [0, 0.05) is 12.2 Å². The van der Waals surface area contributed by atoms with Gasteiger partial charge in [0.05, 0.1) is 0 Å². The van der Waals surface area contributed by atoms with Crippen molar-refractivity contribution < 1.29 is 8.85 Å². The summed E-state index contributed by atoms with van der Waals surface area (Å²) < 4.78 is 11.7. The Kier molecular flexibility index (Phi) is 6.55. The Balaban J connectivity index is 4.36. The van der Waals surface area contributed by atoms with Gasteiger partial charge in [-0.25, -0.2) is 0 Å². The Morgan fingerprint density at radius 1 is 1.07 bits per heavy atom.